The minimum atomic E-state index is -0.464. The van der Waals surface area contributed by atoms with Gasteiger partial charge in [0.2, 0.25) is 0 Å². The Hall–Kier alpha value is -3.69. The number of rotatable bonds is 8. The first-order valence-electron chi connectivity index (χ1n) is 10.7. The molecule has 1 aliphatic rings. The van der Waals surface area contributed by atoms with Gasteiger partial charge < -0.3 is 24.1 Å². The van der Waals surface area contributed by atoms with E-state index in [1.54, 1.807) is 26.7 Å². The second-order valence-corrected chi connectivity index (χ2v) is 7.99. The van der Waals surface area contributed by atoms with Gasteiger partial charge in [0, 0.05) is 36.6 Å². The van der Waals surface area contributed by atoms with Crippen LogP contribution in [0.25, 0.3) is 5.69 Å². The maximum absolute atomic E-state index is 13.2. The van der Waals surface area contributed by atoms with E-state index in [1.165, 1.54) is 0 Å². The summed E-state index contributed by atoms with van der Waals surface area (Å²) >= 11 is 5.73. The number of carbonyl (C=O) groups is 1. The number of nitrogens with zero attached hydrogens (tertiary/aromatic N) is 3. The van der Waals surface area contributed by atoms with Crippen LogP contribution >= 0.6 is 12.2 Å². The highest BCUT2D eigenvalue weighted by atomic mass is 32.1. The largest absolute Gasteiger partial charge is 0.497 e. The van der Waals surface area contributed by atoms with Crippen LogP contribution in [-0.4, -0.2) is 48.1 Å². The quantitative estimate of drug-likeness (QED) is 0.298. The number of methoxy groups -OCH3 is 2. The number of thiocarbonyl (C=S) groups is 1. The molecule has 2 heterocycles. The van der Waals surface area contributed by atoms with E-state index < -0.39 is 12.0 Å². The molecule has 0 spiro atoms. The third kappa shape index (κ3) is 4.80. The Kier molecular flexibility index (Phi) is 7.24. The van der Waals surface area contributed by atoms with Gasteiger partial charge in [-0.2, -0.15) is 0 Å². The molecule has 8 nitrogen and oxygen atoms in total. The van der Waals surface area contributed by atoms with Crippen molar-refractivity contribution in [1.29, 1.82) is 0 Å². The Balaban J connectivity index is 1.72. The predicted molar refractivity (Wildman–Crippen MR) is 133 cm³/mol. The van der Waals surface area contributed by atoms with Crippen LogP contribution in [0.2, 0.25) is 0 Å². The number of imidazole rings is 1. The van der Waals surface area contributed by atoms with Gasteiger partial charge in [-0.3, -0.25) is 4.90 Å². The lowest BCUT2D eigenvalue weighted by molar-refractivity contribution is -0.140. The molecule has 0 saturated carbocycles. The van der Waals surface area contributed by atoms with Crippen LogP contribution in [0.4, 0.5) is 5.69 Å². The minimum Gasteiger partial charge on any atom is -0.497 e. The Morgan fingerprint density at radius 2 is 1.76 bits per heavy atom. The van der Waals surface area contributed by atoms with Crippen LogP contribution in [-0.2, 0) is 14.3 Å². The number of hydrogen-bond donors (Lipinski definition) is 1. The van der Waals surface area contributed by atoms with Crippen LogP contribution < -0.4 is 15.0 Å². The maximum Gasteiger partial charge on any atom is 0.338 e. The number of aromatic nitrogens is 2. The molecule has 176 valence electrons. The SMILES string of the molecule is COCCOC(=O)C1=C(C)N(c2ccc(OC)cc2)C(=S)NC1c1ccc(-n2ccnc2)cc1. The number of hydrogen-bond acceptors (Lipinski definition) is 6. The second-order valence-electron chi connectivity index (χ2n) is 7.61. The normalized spacial score (nSPS) is 15.8. The number of ether oxygens (including phenoxy) is 3. The highest BCUT2D eigenvalue weighted by Gasteiger charge is 2.35. The summed E-state index contributed by atoms with van der Waals surface area (Å²) in [6, 6.07) is 14.9. The standard InChI is InChI=1S/C25H26N4O4S/c1-17-22(24(30)33-15-14-31-2)23(18-4-6-19(7-5-18)28-13-12-26-16-28)27-25(34)29(17)20-8-10-21(32-3)11-9-20/h4-13,16,23H,14-15H2,1-3H3,(H,27,34). The molecule has 1 N–H and O–H groups in total. The summed E-state index contributed by atoms with van der Waals surface area (Å²) in [7, 11) is 3.18. The predicted octanol–water partition coefficient (Wildman–Crippen LogP) is 3.78. The molecule has 3 aromatic rings. The molecule has 4 rings (SSSR count). The Labute approximate surface area is 203 Å². The smallest absolute Gasteiger partial charge is 0.338 e. The molecular formula is C25H26N4O4S. The van der Waals surface area contributed by atoms with Crippen LogP contribution in [0.5, 0.6) is 5.75 Å². The van der Waals surface area contributed by atoms with Crippen molar-refractivity contribution in [3.63, 3.8) is 0 Å². The van der Waals surface area contributed by atoms with E-state index in [4.69, 9.17) is 26.4 Å². The van der Waals surface area contributed by atoms with E-state index in [1.807, 2.05) is 71.1 Å². The highest BCUT2D eigenvalue weighted by molar-refractivity contribution is 7.80. The molecule has 0 radical (unpaired) electrons. The van der Waals surface area contributed by atoms with Crippen LogP contribution in [0, 0.1) is 0 Å². The average molecular weight is 479 g/mol. The van der Waals surface area contributed by atoms with Crippen molar-refractivity contribution in [3.8, 4) is 11.4 Å². The average Bonchev–Trinajstić information content (AvgIpc) is 3.39. The summed E-state index contributed by atoms with van der Waals surface area (Å²) in [6.07, 6.45) is 5.33. The fraction of sp³-hybridized carbons (Fsp3) is 0.240. The van der Waals surface area contributed by atoms with Gasteiger partial charge >= 0.3 is 5.97 Å². The van der Waals surface area contributed by atoms with Crippen LogP contribution in [0.3, 0.4) is 0 Å². The molecule has 0 fully saturated rings. The topological polar surface area (TPSA) is 77.9 Å². The first kappa shape index (κ1) is 23.5. The number of carbonyl (C=O) groups excluding carboxylic acids is 1. The van der Waals surface area contributed by atoms with Crippen molar-refractivity contribution in [3.05, 3.63) is 84.1 Å². The molecule has 2 aromatic carbocycles. The number of esters is 1. The zero-order valence-corrected chi connectivity index (χ0v) is 20.0. The summed E-state index contributed by atoms with van der Waals surface area (Å²) in [5.41, 5.74) is 3.84. The monoisotopic (exact) mass is 478 g/mol. The Morgan fingerprint density at radius 1 is 1.06 bits per heavy atom. The van der Waals surface area contributed by atoms with E-state index in [0.717, 1.165) is 22.7 Å². The summed E-state index contributed by atoms with van der Waals surface area (Å²) < 4.78 is 17.7. The van der Waals surface area contributed by atoms with Gasteiger partial charge in [0.05, 0.1) is 31.7 Å². The molecule has 1 aromatic heterocycles. The molecular weight excluding hydrogens is 452 g/mol. The molecule has 0 amide bonds. The molecule has 1 unspecified atom stereocenters. The third-order valence-corrected chi connectivity index (χ3v) is 5.89. The molecule has 0 saturated heterocycles. The first-order valence-corrected chi connectivity index (χ1v) is 11.1. The molecule has 9 heteroatoms. The fourth-order valence-electron chi connectivity index (χ4n) is 3.85. The van der Waals surface area contributed by atoms with Gasteiger partial charge in [-0.1, -0.05) is 12.1 Å². The van der Waals surface area contributed by atoms with Crippen molar-refractivity contribution in [2.24, 2.45) is 0 Å². The van der Waals surface area contributed by atoms with Crippen LogP contribution in [0.1, 0.15) is 18.5 Å². The highest BCUT2D eigenvalue weighted by Crippen LogP contribution is 2.35. The summed E-state index contributed by atoms with van der Waals surface area (Å²) in [5.74, 6) is 0.308. The lowest BCUT2D eigenvalue weighted by atomic mass is 9.94. The first-order chi connectivity index (χ1) is 16.5. The van der Waals surface area contributed by atoms with E-state index in [2.05, 4.69) is 10.3 Å². The second kappa shape index (κ2) is 10.5. The van der Waals surface area contributed by atoms with Crippen molar-refractivity contribution in [2.75, 3.05) is 32.3 Å². The maximum atomic E-state index is 13.2. The van der Waals surface area contributed by atoms with E-state index in [9.17, 15) is 4.79 Å². The fourth-order valence-corrected chi connectivity index (χ4v) is 4.21. The Bertz CT molecular complexity index is 1170. The van der Waals surface area contributed by atoms with Gasteiger partial charge in [-0.25, -0.2) is 9.78 Å². The van der Waals surface area contributed by atoms with Gasteiger partial charge in [0.25, 0.3) is 0 Å². The number of allylic oxidation sites excluding steroid dienone is 1. The lowest BCUT2D eigenvalue weighted by Gasteiger charge is -2.37. The molecule has 0 aliphatic carbocycles. The van der Waals surface area contributed by atoms with Gasteiger partial charge in [-0.05, 0) is 61.1 Å². The molecule has 1 aliphatic heterocycles. The number of nitrogens with one attached hydrogen (secondary N) is 1. The zero-order chi connectivity index (χ0) is 24.1. The van der Waals surface area contributed by atoms with Gasteiger partial charge in [0.1, 0.15) is 12.4 Å². The van der Waals surface area contributed by atoms with E-state index in [-0.39, 0.29) is 6.61 Å². The van der Waals surface area contributed by atoms with Crippen molar-refractivity contribution >= 4 is 29.0 Å². The summed E-state index contributed by atoms with van der Waals surface area (Å²) in [6.45, 7) is 2.35. The van der Waals surface area contributed by atoms with E-state index in [0.29, 0.717) is 23.0 Å². The van der Waals surface area contributed by atoms with Crippen molar-refractivity contribution in [1.82, 2.24) is 14.9 Å². The molecule has 0 bridgehead atoms. The minimum absolute atomic E-state index is 0.158. The lowest BCUT2D eigenvalue weighted by Crippen LogP contribution is -2.48. The third-order valence-electron chi connectivity index (χ3n) is 5.58. The van der Waals surface area contributed by atoms with Crippen LogP contribution in [0.15, 0.2) is 78.5 Å². The van der Waals surface area contributed by atoms with Gasteiger partial charge in [0.15, 0.2) is 5.11 Å². The van der Waals surface area contributed by atoms with E-state index >= 15 is 0 Å². The number of benzene rings is 2. The Morgan fingerprint density at radius 3 is 2.38 bits per heavy atom. The zero-order valence-electron chi connectivity index (χ0n) is 19.2. The molecule has 34 heavy (non-hydrogen) atoms. The summed E-state index contributed by atoms with van der Waals surface area (Å²) in [4.78, 5) is 19.1. The van der Waals surface area contributed by atoms with Gasteiger partial charge in [-0.15, -0.1) is 0 Å². The summed E-state index contributed by atoms with van der Waals surface area (Å²) in [5, 5.41) is 3.82. The molecule has 1 atom stereocenters. The van der Waals surface area contributed by atoms with Crippen molar-refractivity contribution in [2.45, 2.75) is 13.0 Å². The number of anilines is 1. The van der Waals surface area contributed by atoms with Crippen molar-refractivity contribution < 1.29 is 19.0 Å².